The van der Waals surface area contributed by atoms with Crippen LogP contribution in [-0.2, 0) is 0 Å². The predicted molar refractivity (Wildman–Crippen MR) is 198 cm³/mol. The number of nitrogens with zero attached hydrogens (tertiary/aromatic N) is 2. The topological polar surface area (TPSA) is 9.29 Å². The molecule has 0 bridgehead atoms. The summed E-state index contributed by atoms with van der Waals surface area (Å²) in [6, 6.07) is 60.1. The van der Waals surface area contributed by atoms with Gasteiger partial charge < -0.3 is 4.57 Å². The molecule has 0 fully saturated rings. The molecular weight excluding hydrogens is 569 g/mol. The Labute approximate surface area is 273 Å². The van der Waals surface area contributed by atoms with E-state index in [0.29, 0.717) is 5.69 Å². The molecule has 0 amide bonds. The molecule has 0 aliphatic heterocycles. The molecule has 0 saturated carbocycles. The van der Waals surface area contributed by atoms with E-state index in [4.69, 9.17) is 6.57 Å². The monoisotopic (exact) mass is 596 g/mol. The first-order valence-corrected chi connectivity index (χ1v) is 15.9. The first-order valence-electron chi connectivity index (χ1n) is 15.9. The van der Waals surface area contributed by atoms with E-state index in [-0.39, 0.29) is 0 Å². The van der Waals surface area contributed by atoms with Crippen LogP contribution >= 0.6 is 0 Å². The molecule has 0 saturated heterocycles. The highest BCUT2D eigenvalue weighted by Gasteiger charge is 2.21. The standard InChI is InChI=1S/C45H28N2/c1-46-40-23-13-22-33(30-26-28-32(29-27-30)47-41-24-11-9-16-34(41)35-17-10-12-25-42(35)47)45(40)44-38-20-7-5-18-36(38)43(31-14-3-2-4-15-31)37-19-6-8-21-39(37)44/h2-29H. The summed E-state index contributed by atoms with van der Waals surface area (Å²) in [5.74, 6) is 0. The second-order valence-electron chi connectivity index (χ2n) is 11.9. The van der Waals surface area contributed by atoms with Gasteiger partial charge in [0.1, 0.15) is 0 Å². The highest BCUT2D eigenvalue weighted by atomic mass is 15.0. The van der Waals surface area contributed by atoms with Crippen LogP contribution in [-0.4, -0.2) is 4.57 Å². The third-order valence-corrected chi connectivity index (χ3v) is 9.42. The molecule has 8 aromatic carbocycles. The van der Waals surface area contributed by atoms with E-state index in [0.717, 1.165) is 38.7 Å². The molecule has 1 aromatic heterocycles. The third-order valence-electron chi connectivity index (χ3n) is 9.42. The van der Waals surface area contributed by atoms with E-state index < -0.39 is 0 Å². The van der Waals surface area contributed by atoms with Gasteiger partial charge in [0.25, 0.3) is 0 Å². The van der Waals surface area contributed by atoms with Gasteiger partial charge in [0, 0.05) is 16.5 Å². The van der Waals surface area contributed by atoms with E-state index in [1.807, 2.05) is 12.1 Å². The maximum absolute atomic E-state index is 8.29. The second kappa shape index (κ2) is 10.9. The van der Waals surface area contributed by atoms with Gasteiger partial charge >= 0.3 is 0 Å². The van der Waals surface area contributed by atoms with Crippen molar-refractivity contribution >= 4 is 49.0 Å². The average Bonchev–Trinajstić information content (AvgIpc) is 3.48. The van der Waals surface area contributed by atoms with Crippen molar-refractivity contribution in [2.24, 2.45) is 0 Å². The van der Waals surface area contributed by atoms with Crippen LogP contribution in [0.3, 0.4) is 0 Å². The number of hydrogen-bond donors (Lipinski definition) is 0. The molecule has 0 atom stereocenters. The van der Waals surface area contributed by atoms with Gasteiger partial charge in [-0.05, 0) is 79.2 Å². The van der Waals surface area contributed by atoms with Crippen LogP contribution < -0.4 is 0 Å². The van der Waals surface area contributed by atoms with Gasteiger partial charge in [0.15, 0.2) is 5.69 Å². The zero-order valence-electron chi connectivity index (χ0n) is 25.6. The fourth-order valence-electron chi connectivity index (χ4n) is 7.44. The van der Waals surface area contributed by atoms with E-state index in [1.165, 1.54) is 43.7 Å². The number of fused-ring (bicyclic) bond motifs is 5. The fraction of sp³-hybridized carbons (Fsp3) is 0. The van der Waals surface area contributed by atoms with Crippen LogP contribution in [0.25, 0.3) is 87.3 Å². The Balaban J connectivity index is 1.30. The summed E-state index contributed by atoms with van der Waals surface area (Å²) in [4.78, 5) is 4.10. The number of benzene rings is 8. The molecule has 2 nitrogen and oxygen atoms in total. The van der Waals surface area contributed by atoms with Crippen molar-refractivity contribution in [1.29, 1.82) is 0 Å². The fourth-order valence-corrected chi connectivity index (χ4v) is 7.44. The summed E-state index contributed by atoms with van der Waals surface area (Å²) in [7, 11) is 0. The van der Waals surface area contributed by atoms with E-state index in [9.17, 15) is 0 Å². The summed E-state index contributed by atoms with van der Waals surface area (Å²) in [5, 5.41) is 7.14. The molecule has 0 aliphatic carbocycles. The minimum Gasteiger partial charge on any atom is -0.309 e. The molecule has 9 rings (SSSR count). The molecule has 0 aliphatic rings. The van der Waals surface area contributed by atoms with Gasteiger partial charge in [-0.3, -0.25) is 0 Å². The molecule has 0 spiro atoms. The molecule has 2 heteroatoms. The Morgan fingerprint density at radius 1 is 0.362 bits per heavy atom. The molecule has 47 heavy (non-hydrogen) atoms. The Kier molecular flexibility index (Phi) is 6.23. The highest BCUT2D eigenvalue weighted by Crippen LogP contribution is 2.49. The molecule has 218 valence electrons. The molecular formula is C45H28N2. The zero-order valence-corrected chi connectivity index (χ0v) is 25.6. The van der Waals surface area contributed by atoms with Gasteiger partial charge in [0.2, 0.25) is 0 Å². The van der Waals surface area contributed by atoms with Crippen molar-refractivity contribution in [3.05, 3.63) is 181 Å². The normalized spacial score (nSPS) is 11.4. The summed E-state index contributed by atoms with van der Waals surface area (Å²) >= 11 is 0. The van der Waals surface area contributed by atoms with Crippen LogP contribution in [0.1, 0.15) is 0 Å². The molecule has 0 radical (unpaired) electrons. The van der Waals surface area contributed by atoms with Crippen LogP contribution in [0.4, 0.5) is 5.69 Å². The predicted octanol–water partition coefficient (Wildman–Crippen LogP) is 12.6. The van der Waals surface area contributed by atoms with Crippen molar-refractivity contribution in [2.75, 3.05) is 0 Å². The summed E-state index contributed by atoms with van der Waals surface area (Å²) in [6.45, 7) is 8.29. The van der Waals surface area contributed by atoms with Gasteiger partial charge in [-0.25, -0.2) is 4.85 Å². The molecule has 0 unspecified atom stereocenters. The number of para-hydroxylation sites is 2. The van der Waals surface area contributed by atoms with Crippen molar-refractivity contribution in [3.8, 4) is 39.1 Å². The lowest BCUT2D eigenvalue weighted by Gasteiger charge is -2.21. The van der Waals surface area contributed by atoms with Crippen molar-refractivity contribution in [1.82, 2.24) is 4.57 Å². The number of rotatable bonds is 4. The van der Waals surface area contributed by atoms with Gasteiger partial charge in [0.05, 0.1) is 17.6 Å². The average molecular weight is 597 g/mol. The molecule has 9 aromatic rings. The minimum atomic E-state index is 0.650. The minimum absolute atomic E-state index is 0.650. The van der Waals surface area contributed by atoms with Crippen LogP contribution in [0.2, 0.25) is 0 Å². The molecule has 0 N–H and O–H groups in total. The Bertz CT molecular complexity index is 2560. The highest BCUT2D eigenvalue weighted by molar-refractivity contribution is 6.23. The zero-order chi connectivity index (χ0) is 31.3. The SMILES string of the molecule is [C-]#[N+]c1cccc(-c2ccc(-n3c4ccccc4c4ccccc43)cc2)c1-c1c2ccccc2c(-c2ccccc2)c2ccccc12. The smallest absolute Gasteiger partial charge is 0.195 e. The summed E-state index contributed by atoms with van der Waals surface area (Å²) in [5.41, 5.74) is 10.7. The maximum Gasteiger partial charge on any atom is 0.195 e. The Morgan fingerprint density at radius 2 is 0.851 bits per heavy atom. The van der Waals surface area contributed by atoms with Crippen molar-refractivity contribution in [3.63, 3.8) is 0 Å². The summed E-state index contributed by atoms with van der Waals surface area (Å²) in [6.07, 6.45) is 0. The van der Waals surface area contributed by atoms with Crippen molar-refractivity contribution < 1.29 is 0 Å². The Hall–Kier alpha value is -6.43. The second-order valence-corrected chi connectivity index (χ2v) is 11.9. The van der Waals surface area contributed by atoms with Crippen LogP contribution in [0.15, 0.2) is 170 Å². The first kappa shape index (κ1) is 26.9. The van der Waals surface area contributed by atoms with Crippen molar-refractivity contribution in [2.45, 2.75) is 0 Å². The quantitative estimate of drug-likeness (QED) is 0.141. The van der Waals surface area contributed by atoms with Gasteiger partial charge in [-0.15, -0.1) is 0 Å². The van der Waals surface area contributed by atoms with E-state index in [2.05, 4.69) is 167 Å². The van der Waals surface area contributed by atoms with Crippen LogP contribution in [0.5, 0.6) is 0 Å². The third kappa shape index (κ3) is 4.18. The largest absolute Gasteiger partial charge is 0.309 e. The van der Waals surface area contributed by atoms with Gasteiger partial charge in [-0.1, -0.05) is 146 Å². The number of hydrogen-bond acceptors (Lipinski definition) is 0. The lowest BCUT2D eigenvalue weighted by molar-refractivity contribution is 1.18. The molecule has 1 heterocycles. The summed E-state index contributed by atoms with van der Waals surface area (Å²) < 4.78 is 2.34. The van der Waals surface area contributed by atoms with Crippen LogP contribution in [0, 0.1) is 6.57 Å². The maximum atomic E-state index is 8.29. The van der Waals surface area contributed by atoms with E-state index in [1.54, 1.807) is 0 Å². The van der Waals surface area contributed by atoms with E-state index >= 15 is 0 Å². The lowest BCUT2D eigenvalue weighted by atomic mass is 9.83. The first-order chi connectivity index (χ1) is 23.3. The number of aromatic nitrogens is 1. The van der Waals surface area contributed by atoms with Gasteiger partial charge in [-0.2, -0.15) is 0 Å². The lowest BCUT2D eigenvalue weighted by Crippen LogP contribution is -1.95. The Morgan fingerprint density at radius 3 is 1.40 bits per heavy atom.